The molecule has 0 spiro atoms. The molecule has 1 aromatic heterocycles. The quantitative estimate of drug-likeness (QED) is 0.858. The highest BCUT2D eigenvalue weighted by atomic mass is 16.5. The average Bonchev–Trinajstić information content (AvgIpc) is 3.14. The van der Waals surface area contributed by atoms with Gasteiger partial charge in [-0.3, -0.25) is 4.79 Å². The molecule has 0 saturated carbocycles. The minimum Gasteiger partial charge on any atom is -0.497 e. The number of anilines is 1. The molecule has 1 amide bonds. The molecule has 1 fully saturated rings. The van der Waals surface area contributed by atoms with Crippen molar-refractivity contribution in [3.63, 3.8) is 0 Å². The fourth-order valence-electron chi connectivity index (χ4n) is 2.87. The summed E-state index contributed by atoms with van der Waals surface area (Å²) >= 11 is 0. The second-order valence-corrected chi connectivity index (χ2v) is 5.82. The lowest BCUT2D eigenvalue weighted by molar-refractivity contribution is -0.117. The molecule has 1 saturated heterocycles. The zero-order chi connectivity index (χ0) is 16.8. The number of hydrogen-bond acceptors (Lipinski definition) is 4. The van der Waals surface area contributed by atoms with E-state index in [4.69, 9.17) is 9.15 Å². The number of rotatable bonds is 5. The molecule has 0 bridgehead atoms. The fraction of sp³-hybridized carbons (Fsp3) is 0.316. The first-order valence-electron chi connectivity index (χ1n) is 8.15. The summed E-state index contributed by atoms with van der Waals surface area (Å²) in [5.74, 6) is 1.47. The second-order valence-electron chi connectivity index (χ2n) is 5.82. The average molecular weight is 326 g/mol. The number of benzene rings is 1. The first kappa shape index (κ1) is 16.2. The van der Waals surface area contributed by atoms with Crippen molar-refractivity contribution in [3.8, 4) is 5.75 Å². The highest BCUT2D eigenvalue weighted by Crippen LogP contribution is 2.22. The van der Waals surface area contributed by atoms with Gasteiger partial charge in [0.1, 0.15) is 11.5 Å². The monoisotopic (exact) mass is 326 g/mol. The number of methoxy groups -OCH3 is 1. The van der Waals surface area contributed by atoms with Crippen LogP contribution in [0, 0.1) is 0 Å². The molecule has 1 N–H and O–H groups in total. The summed E-state index contributed by atoms with van der Waals surface area (Å²) in [5, 5.41) is 3.06. The number of ether oxygens (including phenoxy) is 1. The van der Waals surface area contributed by atoms with E-state index in [9.17, 15) is 4.79 Å². The van der Waals surface area contributed by atoms with Crippen LogP contribution in [0.3, 0.4) is 0 Å². The standard InChI is InChI=1S/C19H22N2O3/c1-23-17-6-4-16(5-7-17)21-12-10-15(11-13-21)20-19(22)9-8-18-3-2-14-24-18/h2-9,14-15H,10-13H2,1H3,(H,20,22)/b9-8+. The first-order chi connectivity index (χ1) is 11.7. The van der Waals surface area contributed by atoms with Crippen molar-refractivity contribution in [2.75, 3.05) is 25.1 Å². The molecule has 3 rings (SSSR count). The van der Waals surface area contributed by atoms with Gasteiger partial charge in [-0.25, -0.2) is 0 Å². The molecule has 2 heterocycles. The predicted molar refractivity (Wildman–Crippen MR) is 94.1 cm³/mol. The molecule has 5 nitrogen and oxygen atoms in total. The zero-order valence-corrected chi connectivity index (χ0v) is 13.8. The van der Waals surface area contributed by atoms with Crippen LogP contribution < -0.4 is 15.0 Å². The molecule has 1 aliphatic heterocycles. The van der Waals surface area contributed by atoms with E-state index in [-0.39, 0.29) is 11.9 Å². The van der Waals surface area contributed by atoms with E-state index >= 15 is 0 Å². The number of hydrogen-bond donors (Lipinski definition) is 1. The van der Waals surface area contributed by atoms with Crippen molar-refractivity contribution in [2.24, 2.45) is 0 Å². The van der Waals surface area contributed by atoms with Crippen molar-refractivity contribution in [3.05, 3.63) is 54.5 Å². The molecule has 0 radical (unpaired) electrons. The van der Waals surface area contributed by atoms with Gasteiger partial charge in [0.05, 0.1) is 13.4 Å². The van der Waals surface area contributed by atoms with E-state index in [2.05, 4.69) is 22.3 Å². The molecular weight excluding hydrogens is 304 g/mol. The van der Waals surface area contributed by atoms with Crippen molar-refractivity contribution in [1.29, 1.82) is 0 Å². The Morgan fingerprint density at radius 1 is 1.25 bits per heavy atom. The molecule has 24 heavy (non-hydrogen) atoms. The number of piperidine rings is 1. The summed E-state index contributed by atoms with van der Waals surface area (Å²) < 4.78 is 10.4. The summed E-state index contributed by atoms with van der Waals surface area (Å²) in [6.07, 6.45) is 6.67. The van der Waals surface area contributed by atoms with Crippen LogP contribution in [0.15, 0.2) is 53.2 Å². The third kappa shape index (κ3) is 4.19. The number of nitrogens with one attached hydrogen (secondary N) is 1. The molecule has 0 unspecified atom stereocenters. The maximum Gasteiger partial charge on any atom is 0.244 e. The largest absolute Gasteiger partial charge is 0.497 e. The third-order valence-electron chi connectivity index (χ3n) is 4.22. The van der Waals surface area contributed by atoms with Gasteiger partial charge in [0.25, 0.3) is 0 Å². The first-order valence-corrected chi connectivity index (χ1v) is 8.15. The van der Waals surface area contributed by atoms with Crippen LogP contribution in [0.5, 0.6) is 5.75 Å². The van der Waals surface area contributed by atoms with Crippen LogP contribution in [0.2, 0.25) is 0 Å². The van der Waals surface area contributed by atoms with Crippen LogP contribution in [0.25, 0.3) is 6.08 Å². The van der Waals surface area contributed by atoms with Crippen LogP contribution in [0.4, 0.5) is 5.69 Å². The van der Waals surface area contributed by atoms with Crippen molar-refractivity contribution in [1.82, 2.24) is 5.32 Å². The summed E-state index contributed by atoms with van der Waals surface area (Å²) in [6.45, 7) is 1.86. The second kappa shape index (κ2) is 7.73. The number of carbonyl (C=O) groups excluding carboxylic acids is 1. The number of furan rings is 1. The van der Waals surface area contributed by atoms with Gasteiger partial charge in [-0.15, -0.1) is 0 Å². The van der Waals surface area contributed by atoms with Gasteiger partial charge >= 0.3 is 0 Å². The van der Waals surface area contributed by atoms with E-state index in [0.29, 0.717) is 5.76 Å². The SMILES string of the molecule is COc1ccc(N2CCC(NC(=O)/C=C/c3ccco3)CC2)cc1. The number of carbonyl (C=O) groups is 1. The maximum atomic E-state index is 12.0. The maximum absolute atomic E-state index is 12.0. The Labute approximate surface area is 141 Å². The zero-order valence-electron chi connectivity index (χ0n) is 13.8. The summed E-state index contributed by atoms with van der Waals surface area (Å²) in [5.41, 5.74) is 1.19. The molecule has 2 aromatic rings. The Balaban J connectivity index is 1.47. The lowest BCUT2D eigenvalue weighted by Gasteiger charge is -2.33. The third-order valence-corrected chi connectivity index (χ3v) is 4.22. The summed E-state index contributed by atoms with van der Waals surface area (Å²) in [7, 11) is 1.67. The summed E-state index contributed by atoms with van der Waals surface area (Å²) in [4.78, 5) is 14.3. The van der Waals surface area contributed by atoms with Gasteiger partial charge < -0.3 is 19.4 Å². The summed E-state index contributed by atoms with van der Waals surface area (Å²) in [6, 6.07) is 11.9. The van der Waals surface area contributed by atoms with E-state index in [1.807, 2.05) is 18.2 Å². The Morgan fingerprint density at radius 2 is 2.00 bits per heavy atom. The van der Waals surface area contributed by atoms with Crippen molar-refractivity contribution in [2.45, 2.75) is 18.9 Å². The topological polar surface area (TPSA) is 54.7 Å². The van der Waals surface area contributed by atoms with Gasteiger partial charge in [-0.2, -0.15) is 0 Å². The van der Waals surface area contributed by atoms with Crippen molar-refractivity contribution >= 4 is 17.7 Å². The highest BCUT2D eigenvalue weighted by Gasteiger charge is 2.20. The molecule has 0 atom stereocenters. The van der Waals surface area contributed by atoms with E-state index in [0.717, 1.165) is 31.7 Å². The molecule has 0 aliphatic carbocycles. The lowest BCUT2D eigenvalue weighted by Crippen LogP contribution is -2.44. The Morgan fingerprint density at radius 3 is 2.62 bits per heavy atom. The smallest absolute Gasteiger partial charge is 0.244 e. The molecule has 5 heteroatoms. The molecule has 1 aliphatic rings. The van der Waals surface area contributed by atoms with Crippen LogP contribution in [0.1, 0.15) is 18.6 Å². The van der Waals surface area contributed by atoms with E-state index < -0.39 is 0 Å². The van der Waals surface area contributed by atoms with Gasteiger partial charge in [0, 0.05) is 30.9 Å². The van der Waals surface area contributed by atoms with Crippen LogP contribution in [-0.2, 0) is 4.79 Å². The Kier molecular flexibility index (Phi) is 5.21. The fourth-order valence-corrected chi connectivity index (χ4v) is 2.87. The van der Waals surface area contributed by atoms with Gasteiger partial charge in [-0.05, 0) is 55.3 Å². The number of amides is 1. The Hall–Kier alpha value is -2.69. The molecule has 126 valence electrons. The normalized spacial score (nSPS) is 15.6. The highest BCUT2D eigenvalue weighted by molar-refractivity contribution is 5.91. The van der Waals surface area contributed by atoms with Gasteiger partial charge in [0.15, 0.2) is 0 Å². The minimum atomic E-state index is -0.0747. The Bertz CT molecular complexity index is 669. The van der Waals surface area contributed by atoms with Crippen LogP contribution in [-0.4, -0.2) is 32.1 Å². The lowest BCUT2D eigenvalue weighted by atomic mass is 10.0. The molecular formula is C19H22N2O3. The molecule has 1 aromatic carbocycles. The van der Waals surface area contributed by atoms with Gasteiger partial charge in [-0.1, -0.05) is 0 Å². The van der Waals surface area contributed by atoms with E-state index in [1.54, 1.807) is 25.5 Å². The van der Waals surface area contributed by atoms with Crippen molar-refractivity contribution < 1.29 is 13.9 Å². The predicted octanol–water partition coefficient (Wildman–Crippen LogP) is 3.09. The van der Waals surface area contributed by atoms with E-state index in [1.165, 1.54) is 11.8 Å². The van der Waals surface area contributed by atoms with Crippen LogP contribution >= 0.6 is 0 Å². The number of nitrogens with zero attached hydrogens (tertiary/aromatic N) is 1. The minimum absolute atomic E-state index is 0.0747. The van der Waals surface area contributed by atoms with Gasteiger partial charge in [0.2, 0.25) is 5.91 Å².